The van der Waals surface area contributed by atoms with Gasteiger partial charge >= 0.3 is 0 Å². The quantitative estimate of drug-likeness (QED) is 0.894. The van der Waals surface area contributed by atoms with E-state index in [9.17, 15) is 0 Å². The highest BCUT2D eigenvalue weighted by molar-refractivity contribution is 5.68. The number of nitrogens with one attached hydrogen (secondary N) is 1. The third-order valence-corrected chi connectivity index (χ3v) is 2.63. The normalized spacial score (nSPS) is 9.61. The van der Waals surface area contributed by atoms with Crippen LogP contribution in [0, 0.1) is 18.3 Å². The molecule has 0 saturated carbocycles. The van der Waals surface area contributed by atoms with Gasteiger partial charge in [-0.15, -0.1) is 0 Å². The van der Waals surface area contributed by atoms with Crippen LogP contribution in [0.15, 0.2) is 36.5 Å². The van der Waals surface area contributed by atoms with E-state index in [1.807, 2.05) is 37.3 Å². The molecule has 1 aromatic heterocycles. The fraction of sp³-hybridized carbons (Fsp3) is 0.143. The lowest BCUT2D eigenvalue weighted by Gasteiger charge is -2.11. The van der Waals surface area contributed by atoms with Gasteiger partial charge in [-0.3, -0.25) is 0 Å². The average molecular weight is 239 g/mol. The van der Waals surface area contributed by atoms with E-state index in [2.05, 4.69) is 16.4 Å². The molecule has 0 amide bonds. The van der Waals surface area contributed by atoms with Gasteiger partial charge in [0.2, 0.25) is 0 Å². The minimum atomic E-state index is 0.544. The molecule has 0 saturated heterocycles. The predicted molar refractivity (Wildman–Crippen MR) is 70.0 cm³/mol. The van der Waals surface area contributed by atoms with E-state index in [-0.39, 0.29) is 0 Å². The number of anilines is 2. The molecule has 0 radical (unpaired) electrons. The number of nitrogens with zero attached hydrogens (tertiary/aromatic N) is 2. The first-order chi connectivity index (χ1) is 8.76. The van der Waals surface area contributed by atoms with Crippen molar-refractivity contribution in [3.05, 3.63) is 47.7 Å². The summed E-state index contributed by atoms with van der Waals surface area (Å²) in [5.74, 6) is 1.26. The summed E-state index contributed by atoms with van der Waals surface area (Å²) in [4.78, 5) is 4.19. The van der Waals surface area contributed by atoms with Crippen LogP contribution in [0.5, 0.6) is 5.75 Å². The molecule has 0 spiro atoms. The number of hydrogen-bond donors (Lipinski definition) is 1. The van der Waals surface area contributed by atoms with Crippen LogP contribution in [0.3, 0.4) is 0 Å². The molecule has 1 N–H and O–H groups in total. The van der Waals surface area contributed by atoms with Gasteiger partial charge in [0, 0.05) is 6.20 Å². The van der Waals surface area contributed by atoms with Crippen molar-refractivity contribution in [1.82, 2.24) is 4.98 Å². The summed E-state index contributed by atoms with van der Waals surface area (Å²) < 4.78 is 5.25. The third kappa shape index (κ3) is 2.25. The number of nitriles is 1. The van der Waals surface area contributed by atoms with Gasteiger partial charge < -0.3 is 10.1 Å². The van der Waals surface area contributed by atoms with Crippen LogP contribution < -0.4 is 10.1 Å². The largest absolute Gasteiger partial charge is 0.495 e. The molecule has 18 heavy (non-hydrogen) atoms. The minimum Gasteiger partial charge on any atom is -0.495 e. The smallest absolute Gasteiger partial charge is 0.148 e. The van der Waals surface area contributed by atoms with Gasteiger partial charge in [0.1, 0.15) is 17.6 Å². The van der Waals surface area contributed by atoms with Crippen molar-refractivity contribution in [3.8, 4) is 11.8 Å². The first kappa shape index (κ1) is 11.9. The Labute approximate surface area is 106 Å². The van der Waals surface area contributed by atoms with Gasteiger partial charge in [0.25, 0.3) is 0 Å². The highest BCUT2D eigenvalue weighted by Gasteiger charge is 2.08. The summed E-state index contributed by atoms with van der Waals surface area (Å²) in [5.41, 5.74) is 2.22. The molecule has 0 aliphatic rings. The van der Waals surface area contributed by atoms with Crippen LogP contribution in [0.4, 0.5) is 11.5 Å². The van der Waals surface area contributed by atoms with Crippen molar-refractivity contribution in [2.75, 3.05) is 12.4 Å². The number of aromatic nitrogens is 1. The maximum Gasteiger partial charge on any atom is 0.148 e. The Morgan fingerprint density at radius 2 is 2.06 bits per heavy atom. The zero-order chi connectivity index (χ0) is 13.0. The minimum absolute atomic E-state index is 0.544. The van der Waals surface area contributed by atoms with Gasteiger partial charge in [-0.25, -0.2) is 4.98 Å². The zero-order valence-corrected chi connectivity index (χ0v) is 10.3. The Morgan fingerprint density at radius 1 is 1.28 bits per heavy atom. The average Bonchev–Trinajstić information content (AvgIpc) is 2.40. The molecule has 0 unspecified atom stereocenters. The van der Waals surface area contributed by atoms with Crippen molar-refractivity contribution in [2.45, 2.75) is 6.92 Å². The summed E-state index contributed by atoms with van der Waals surface area (Å²) in [6.07, 6.45) is 1.67. The molecule has 2 aromatic rings. The second kappa shape index (κ2) is 5.19. The second-order valence-corrected chi connectivity index (χ2v) is 3.79. The Hall–Kier alpha value is -2.54. The molecule has 0 fully saturated rings. The SMILES string of the molecule is COc1ccccc1Nc1nccc(C)c1C#N. The molecule has 0 aliphatic carbocycles. The van der Waals surface area contributed by atoms with Crippen LogP contribution in [0.2, 0.25) is 0 Å². The van der Waals surface area contributed by atoms with E-state index in [0.29, 0.717) is 17.1 Å². The lowest BCUT2D eigenvalue weighted by Crippen LogP contribution is -2.00. The molecular formula is C14H13N3O. The lowest BCUT2D eigenvalue weighted by atomic mass is 10.1. The van der Waals surface area contributed by atoms with Crippen molar-refractivity contribution >= 4 is 11.5 Å². The number of benzene rings is 1. The van der Waals surface area contributed by atoms with Gasteiger partial charge in [-0.05, 0) is 30.7 Å². The molecule has 0 bridgehead atoms. The number of para-hydroxylation sites is 2. The van der Waals surface area contributed by atoms with Crippen LogP contribution in [-0.2, 0) is 0 Å². The molecule has 1 heterocycles. The highest BCUT2D eigenvalue weighted by atomic mass is 16.5. The highest BCUT2D eigenvalue weighted by Crippen LogP contribution is 2.28. The number of hydrogen-bond acceptors (Lipinski definition) is 4. The van der Waals surface area contributed by atoms with Crippen LogP contribution >= 0.6 is 0 Å². The molecule has 4 heteroatoms. The van der Waals surface area contributed by atoms with Gasteiger partial charge in [0.05, 0.1) is 18.4 Å². The van der Waals surface area contributed by atoms with E-state index in [1.165, 1.54) is 0 Å². The second-order valence-electron chi connectivity index (χ2n) is 3.79. The molecule has 4 nitrogen and oxygen atoms in total. The zero-order valence-electron chi connectivity index (χ0n) is 10.3. The number of aryl methyl sites for hydroxylation is 1. The summed E-state index contributed by atoms with van der Waals surface area (Å²) in [5, 5.41) is 12.3. The van der Waals surface area contributed by atoms with Crippen molar-refractivity contribution in [1.29, 1.82) is 5.26 Å². The molecule has 0 atom stereocenters. The Morgan fingerprint density at radius 3 is 2.78 bits per heavy atom. The van der Waals surface area contributed by atoms with Crippen molar-refractivity contribution in [2.24, 2.45) is 0 Å². The fourth-order valence-electron chi connectivity index (χ4n) is 1.67. The predicted octanol–water partition coefficient (Wildman–Crippen LogP) is 3.01. The maximum atomic E-state index is 9.14. The third-order valence-electron chi connectivity index (χ3n) is 2.63. The monoisotopic (exact) mass is 239 g/mol. The fourth-order valence-corrected chi connectivity index (χ4v) is 1.67. The number of methoxy groups -OCH3 is 1. The summed E-state index contributed by atoms with van der Waals surface area (Å²) in [7, 11) is 1.61. The summed E-state index contributed by atoms with van der Waals surface area (Å²) >= 11 is 0. The Kier molecular flexibility index (Phi) is 3.44. The number of pyridine rings is 1. The Balaban J connectivity index is 2.41. The lowest BCUT2D eigenvalue weighted by molar-refractivity contribution is 0.417. The van der Waals surface area contributed by atoms with Gasteiger partial charge in [0.15, 0.2) is 0 Å². The van der Waals surface area contributed by atoms with E-state index >= 15 is 0 Å². The van der Waals surface area contributed by atoms with Gasteiger partial charge in [-0.2, -0.15) is 5.26 Å². The molecule has 0 aliphatic heterocycles. The molecule has 90 valence electrons. The van der Waals surface area contributed by atoms with Crippen LogP contribution in [0.1, 0.15) is 11.1 Å². The summed E-state index contributed by atoms with van der Waals surface area (Å²) in [6, 6.07) is 11.5. The van der Waals surface area contributed by atoms with Gasteiger partial charge in [-0.1, -0.05) is 12.1 Å². The topological polar surface area (TPSA) is 57.9 Å². The standard InChI is InChI=1S/C14H13N3O/c1-10-7-8-16-14(11(10)9-15)17-12-5-3-4-6-13(12)18-2/h3-8H,1-2H3,(H,16,17). The molecule has 1 aromatic carbocycles. The molecular weight excluding hydrogens is 226 g/mol. The van der Waals surface area contributed by atoms with E-state index < -0.39 is 0 Å². The Bertz CT molecular complexity index is 602. The van der Waals surface area contributed by atoms with Crippen molar-refractivity contribution in [3.63, 3.8) is 0 Å². The number of rotatable bonds is 3. The van der Waals surface area contributed by atoms with E-state index in [0.717, 1.165) is 11.3 Å². The first-order valence-electron chi connectivity index (χ1n) is 5.52. The van der Waals surface area contributed by atoms with E-state index in [1.54, 1.807) is 13.3 Å². The summed E-state index contributed by atoms with van der Waals surface area (Å²) in [6.45, 7) is 1.88. The first-order valence-corrected chi connectivity index (χ1v) is 5.52. The van der Waals surface area contributed by atoms with Crippen molar-refractivity contribution < 1.29 is 4.74 Å². The van der Waals surface area contributed by atoms with Crippen LogP contribution in [0.25, 0.3) is 0 Å². The van der Waals surface area contributed by atoms with E-state index in [4.69, 9.17) is 10.00 Å². The van der Waals surface area contributed by atoms with Crippen LogP contribution in [-0.4, -0.2) is 12.1 Å². The number of ether oxygens (including phenoxy) is 1. The maximum absolute atomic E-state index is 9.14. The molecule has 2 rings (SSSR count).